The van der Waals surface area contributed by atoms with Crippen molar-refractivity contribution in [3.05, 3.63) is 24.3 Å². The van der Waals surface area contributed by atoms with E-state index < -0.39 is 0 Å². The second-order valence-electron chi connectivity index (χ2n) is 2.62. The van der Waals surface area contributed by atoms with Crippen molar-refractivity contribution in [3.63, 3.8) is 0 Å². The van der Waals surface area contributed by atoms with E-state index in [0.717, 1.165) is 12.8 Å². The average Bonchev–Trinajstić information content (AvgIpc) is 1.89. The van der Waals surface area contributed by atoms with Crippen molar-refractivity contribution < 1.29 is 0 Å². The first-order valence-electron chi connectivity index (χ1n) is 3.83. The summed E-state index contributed by atoms with van der Waals surface area (Å²) >= 11 is 0. The molecule has 0 radical (unpaired) electrons. The van der Waals surface area contributed by atoms with Crippen molar-refractivity contribution >= 4 is 0 Å². The van der Waals surface area contributed by atoms with Crippen molar-refractivity contribution in [1.82, 2.24) is 0 Å². The molecule has 0 aromatic carbocycles. The molecule has 0 N–H and O–H groups in total. The lowest BCUT2D eigenvalue weighted by Gasteiger charge is -1.79. The highest BCUT2D eigenvalue weighted by atomic mass is 13.7. The molecule has 0 amide bonds. The van der Waals surface area contributed by atoms with Crippen LogP contribution in [0.1, 0.15) is 40.5 Å². The second-order valence-corrected chi connectivity index (χ2v) is 2.62. The summed E-state index contributed by atoms with van der Waals surface area (Å²) < 4.78 is 0. The van der Waals surface area contributed by atoms with Crippen LogP contribution in [0.25, 0.3) is 0 Å². The summed E-state index contributed by atoms with van der Waals surface area (Å²) in [5.41, 5.74) is 2.51. The van der Waals surface area contributed by atoms with Crippen LogP contribution >= 0.6 is 0 Å². The van der Waals surface area contributed by atoms with E-state index >= 15 is 0 Å². The minimum absolute atomic E-state index is 1.11. The van der Waals surface area contributed by atoms with Gasteiger partial charge in [-0.25, -0.2) is 0 Å². The lowest BCUT2D eigenvalue weighted by atomic mass is 10.3. The molecule has 0 nitrogen and oxygen atoms in total. The highest BCUT2D eigenvalue weighted by molar-refractivity contribution is 4.85. The van der Waals surface area contributed by atoms with E-state index in [0.29, 0.717) is 0 Å². The topological polar surface area (TPSA) is 0 Å². The smallest absolute Gasteiger partial charge is 0.0354 e. The van der Waals surface area contributed by atoms with Gasteiger partial charge >= 0.3 is 0 Å². The molecule has 0 bridgehead atoms. The zero-order valence-corrected chi connectivity index (χ0v) is 7.83. The van der Waals surface area contributed by atoms with E-state index in [2.05, 4.69) is 27.0 Å². The van der Waals surface area contributed by atoms with Crippen molar-refractivity contribution in [2.24, 2.45) is 0 Å². The molecule has 0 spiro atoms. The maximum atomic E-state index is 3.67. The van der Waals surface area contributed by atoms with E-state index in [4.69, 9.17) is 0 Å². The Labute approximate surface area is 65.7 Å². The molecular formula is C10H20. The highest BCUT2D eigenvalue weighted by Crippen LogP contribution is 1.89. The average molecular weight is 140 g/mol. The SMILES string of the molecule is C=C(C)CC.C=C(C)CC. The minimum Gasteiger partial charge on any atom is -0.100 e. The molecule has 0 aromatic rings. The molecule has 0 saturated carbocycles. The van der Waals surface area contributed by atoms with Crippen LogP contribution in [0.15, 0.2) is 24.3 Å². The number of hydrogen-bond acceptors (Lipinski definition) is 0. The lowest BCUT2D eigenvalue weighted by molar-refractivity contribution is 1.11. The van der Waals surface area contributed by atoms with Crippen LogP contribution in [0.3, 0.4) is 0 Å². The first kappa shape index (κ1) is 12.2. The maximum Gasteiger partial charge on any atom is -0.0354 e. The molecule has 0 aliphatic heterocycles. The Kier molecular flexibility index (Phi) is 10.3. The summed E-state index contributed by atoms with van der Waals surface area (Å²) in [7, 11) is 0. The number of hydrogen-bond donors (Lipinski definition) is 0. The van der Waals surface area contributed by atoms with Gasteiger partial charge in [0.25, 0.3) is 0 Å². The Bertz CT molecular complexity index is 84.6. The Morgan fingerprint density at radius 3 is 1.00 bits per heavy atom. The van der Waals surface area contributed by atoms with E-state index in [-0.39, 0.29) is 0 Å². The number of rotatable bonds is 2. The molecule has 0 heterocycles. The van der Waals surface area contributed by atoms with Crippen molar-refractivity contribution in [2.75, 3.05) is 0 Å². The van der Waals surface area contributed by atoms with Gasteiger partial charge in [-0.2, -0.15) is 0 Å². The predicted molar refractivity (Wildman–Crippen MR) is 50.2 cm³/mol. The fourth-order valence-electron chi connectivity index (χ4n) is 0. The largest absolute Gasteiger partial charge is 0.100 e. The summed E-state index contributed by atoms with van der Waals surface area (Å²) in [6.07, 6.45) is 2.22. The molecule has 10 heavy (non-hydrogen) atoms. The molecule has 0 aliphatic carbocycles. The van der Waals surface area contributed by atoms with E-state index in [9.17, 15) is 0 Å². The molecule has 60 valence electrons. The highest BCUT2D eigenvalue weighted by Gasteiger charge is 1.68. The molecule has 0 saturated heterocycles. The maximum absolute atomic E-state index is 3.67. The van der Waals surface area contributed by atoms with E-state index in [1.807, 2.05) is 13.8 Å². The molecule has 0 heteroatoms. The quantitative estimate of drug-likeness (QED) is 0.509. The van der Waals surface area contributed by atoms with Crippen molar-refractivity contribution in [3.8, 4) is 0 Å². The van der Waals surface area contributed by atoms with Gasteiger partial charge in [0.2, 0.25) is 0 Å². The van der Waals surface area contributed by atoms with Crippen LogP contribution < -0.4 is 0 Å². The van der Waals surface area contributed by atoms with Crippen LogP contribution in [0, 0.1) is 0 Å². The molecule has 0 unspecified atom stereocenters. The summed E-state index contributed by atoms with van der Waals surface area (Å²) in [4.78, 5) is 0. The second kappa shape index (κ2) is 8.48. The van der Waals surface area contributed by atoms with Crippen LogP contribution in [0.4, 0.5) is 0 Å². The summed E-state index contributed by atoms with van der Waals surface area (Å²) in [6, 6.07) is 0. The van der Waals surface area contributed by atoms with Gasteiger partial charge in [-0.15, -0.1) is 13.2 Å². The van der Waals surface area contributed by atoms with Gasteiger partial charge in [0.05, 0.1) is 0 Å². The summed E-state index contributed by atoms with van der Waals surface area (Å²) in [6.45, 7) is 15.6. The van der Waals surface area contributed by atoms with Crippen molar-refractivity contribution in [2.45, 2.75) is 40.5 Å². The van der Waals surface area contributed by atoms with E-state index in [1.54, 1.807) is 0 Å². The molecule has 0 fully saturated rings. The zero-order valence-electron chi connectivity index (χ0n) is 7.83. The third-order valence-electron chi connectivity index (χ3n) is 1.21. The molecular weight excluding hydrogens is 120 g/mol. The Morgan fingerprint density at radius 2 is 1.00 bits per heavy atom. The van der Waals surface area contributed by atoms with Gasteiger partial charge < -0.3 is 0 Å². The van der Waals surface area contributed by atoms with Gasteiger partial charge in [0.15, 0.2) is 0 Å². The fraction of sp³-hybridized carbons (Fsp3) is 0.600. The van der Waals surface area contributed by atoms with Crippen LogP contribution in [0.5, 0.6) is 0 Å². The summed E-state index contributed by atoms with van der Waals surface area (Å²) in [5, 5.41) is 0. The van der Waals surface area contributed by atoms with Gasteiger partial charge in [0.1, 0.15) is 0 Å². The molecule has 0 atom stereocenters. The van der Waals surface area contributed by atoms with Gasteiger partial charge in [-0.1, -0.05) is 25.0 Å². The molecule has 0 aromatic heterocycles. The monoisotopic (exact) mass is 140 g/mol. The first-order valence-corrected chi connectivity index (χ1v) is 3.83. The fourth-order valence-corrected chi connectivity index (χ4v) is 0. The zero-order chi connectivity index (χ0) is 8.57. The van der Waals surface area contributed by atoms with Gasteiger partial charge in [-0.3, -0.25) is 0 Å². The minimum atomic E-state index is 1.11. The molecule has 0 rings (SSSR count). The van der Waals surface area contributed by atoms with Gasteiger partial charge in [-0.05, 0) is 26.7 Å². The Morgan fingerprint density at radius 1 is 0.900 bits per heavy atom. The van der Waals surface area contributed by atoms with Gasteiger partial charge in [0, 0.05) is 0 Å². The normalized spacial score (nSPS) is 7.60. The van der Waals surface area contributed by atoms with E-state index in [1.165, 1.54) is 11.1 Å². The third kappa shape index (κ3) is 25.9. The third-order valence-corrected chi connectivity index (χ3v) is 1.21. The predicted octanol–water partition coefficient (Wildman–Crippen LogP) is 3.95. The summed E-state index contributed by atoms with van der Waals surface area (Å²) in [5.74, 6) is 0. The standard InChI is InChI=1S/2C5H10/c2*1-4-5(2)3/h2*2,4H2,1,3H3. The van der Waals surface area contributed by atoms with Crippen molar-refractivity contribution in [1.29, 1.82) is 0 Å². The number of allylic oxidation sites excluding steroid dienone is 2. The lowest BCUT2D eigenvalue weighted by Crippen LogP contribution is -1.58. The first-order chi connectivity index (χ1) is 4.54. The molecule has 0 aliphatic rings. The Hall–Kier alpha value is -0.520. The Balaban J connectivity index is 0. The van der Waals surface area contributed by atoms with Crippen LogP contribution in [-0.4, -0.2) is 0 Å². The van der Waals surface area contributed by atoms with Crippen LogP contribution in [0.2, 0.25) is 0 Å². The van der Waals surface area contributed by atoms with Crippen LogP contribution in [-0.2, 0) is 0 Å².